The van der Waals surface area contributed by atoms with Crippen LogP contribution in [-0.4, -0.2) is 34.1 Å². The van der Waals surface area contributed by atoms with Crippen LogP contribution in [0.15, 0.2) is 344 Å². The molecule has 22 rings (SSSR count). The van der Waals surface area contributed by atoms with E-state index >= 15 is 0 Å². The van der Waals surface area contributed by atoms with E-state index in [0.717, 1.165) is 104 Å². The Morgan fingerprint density at radius 2 is 0.808 bits per heavy atom. The van der Waals surface area contributed by atoms with Crippen molar-refractivity contribution >= 4 is 122 Å². The van der Waals surface area contributed by atoms with Gasteiger partial charge in [0.1, 0.15) is 0 Å². The molecule has 0 N–H and O–H groups in total. The summed E-state index contributed by atoms with van der Waals surface area (Å²) in [6.45, 7) is 18.8. The van der Waals surface area contributed by atoms with Crippen LogP contribution in [0.5, 0.6) is 0 Å². The Morgan fingerprint density at radius 1 is 0.358 bits per heavy atom. The summed E-state index contributed by atoms with van der Waals surface area (Å²) in [7, 11) is 0. The molecular formula is C114H97BN4S. The average Bonchev–Trinajstić information content (AvgIpc) is 1.63. The first-order valence-electron chi connectivity index (χ1n) is 52.2. The zero-order valence-electron chi connectivity index (χ0n) is 89.4. The van der Waals surface area contributed by atoms with Gasteiger partial charge in [0.25, 0.3) is 0 Å². The number of benzene rings is 17. The van der Waals surface area contributed by atoms with Crippen molar-refractivity contribution in [2.75, 3.05) is 22.9 Å². The van der Waals surface area contributed by atoms with Gasteiger partial charge in [-0.2, -0.15) is 0 Å². The van der Waals surface area contributed by atoms with Crippen LogP contribution in [0.25, 0.3) is 143 Å². The Morgan fingerprint density at radius 3 is 1.34 bits per heavy atom. The van der Waals surface area contributed by atoms with E-state index in [1.807, 2.05) is 127 Å². The topological polar surface area (TPSA) is 16.3 Å². The summed E-state index contributed by atoms with van der Waals surface area (Å²) in [6.07, 6.45) is 1.70. The molecule has 6 heteroatoms. The van der Waals surface area contributed by atoms with Gasteiger partial charge in [-0.15, -0.1) is 11.8 Å². The van der Waals surface area contributed by atoms with E-state index in [0.29, 0.717) is 53.5 Å². The van der Waals surface area contributed by atoms with Crippen molar-refractivity contribution in [3.05, 3.63) is 373 Å². The fourth-order valence-electron chi connectivity index (χ4n) is 19.3. The molecule has 0 bridgehead atoms. The molecule has 3 aliphatic heterocycles. The van der Waals surface area contributed by atoms with Gasteiger partial charge in [0, 0.05) is 73.1 Å². The molecule has 17 aromatic carbocycles. The summed E-state index contributed by atoms with van der Waals surface area (Å²) >= 11 is 1.20. The highest BCUT2D eigenvalue weighted by molar-refractivity contribution is 8.02. The van der Waals surface area contributed by atoms with Crippen LogP contribution >= 0.6 is 11.8 Å². The molecule has 19 aromatic rings. The lowest BCUT2D eigenvalue weighted by Crippen LogP contribution is -2.64. The second-order valence-electron chi connectivity index (χ2n) is 35.5. The van der Waals surface area contributed by atoms with Crippen molar-refractivity contribution in [1.29, 1.82) is 0 Å². The van der Waals surface area contributed by atoms with E-state index < -0.39 is 150 Å². The summed E-state index contributed by atoms with van der Waals surface area (Å²) < 4.78 is 216. The molecule has 0 radical (unpaired) electrons. The van der Waals surface area contributed by atoms with Crippen molar-refractivity contribution < 1.29 is 28.8 Å². The molecule has 120 heavy (non-hydrogen) atoms. The lowest BCUT2D eigenvalue weighted by molar-refractivity contribution is 0.586. The van der Waals surface area contributed by atoms with E-state index in [1.54, 1.807) is 0 Å². The van der Waals surface area contributed by atoms with Gasteiger partial charge < -0.3 is 18.9 Å². The maximum Gasteiger partial charge on any atom is 0.233 e. The minimum atomic E-state index is -1.11. The van der Waals surface area contributed by atoms with Crippen molar-refractivity contribution in [1.82, 2.24) is 9.13 Å². The van der Waals surface area contributed by atoms with Crippen molar-refractivity contribution in [3.8, 4) is 67.0 Å². The van der Waals surface area contributed by atoms with Gasteiger partial charge in [0.2, 0.25) is 6.71 Å². The highest BCUT2D eigenvalue weighted by atomic mass is 32.2. The third kappa shape index (κ3) is 12.2. The molecule has 0 spiro atoms. The first kappa shape index (κ1) is 54.5. The zero-order valence-corrected chi connectivity index (χ0v) is 69.2. The Kier molecular flexibility index (Phi) is 13.0. The number of rotatable bonds is 15. The van der Waals surface area contributed by atoms with E-state index in [2.05, 4.69) is 157 Å². The summed E-state index contributed by atoms with van der Waals surface area (Å²) in [5.74, 6) is 0. The fraction of sp³-hybridized carbons (Fsp3) is 0.175. The smallest absolute Gasteiger partial charge is 0.233 e. The quantitative estimate of drug-likeness (QED) is 0.0752. The maximum atomic E-state index is 11.8. The molecule has 2 unspecified atom stereocenters. The second kappa shape index (κ2) is 28.6. The molecule has 3 aliphatic rings. The monoisotopic (exact) mass is 1590 g/mol. The first-order chi connectivity index (χ1) is 67.2. The van der Waals surface area contributed by atoms with Crippen LogP contribution in [0.1, 0.15) is 143 Å². The molecule has 0 saturated heterocycles. The number of nitrogens with zero attached hydrogens (tertiary/aromatic N) is 4. The van der Waals surface area contributed by atoms with Gasteiger partial charge in [-0.05, 0) is 241 Å². The molecule has 2 aromatic heterocycles. The summed E-state index contributed by atoms with van der Waals surface area (Å²) in [5.41, 5.74) is 12.9. The largest absolute Gasteiger partial charge is 0.364 e. The van der Waals surface area contributed by atoms with Gasteiger partial charge in [-0.3, -0.25) is 0 Å². The molecular weight excluding hydrogens is 1470 g/mol. The zero-order chi connectivity index (χ0) is 99.3. The molecule has 582 valence electrons. The number of thioether (sulfide) groups is 1. The van der Waals surface area contributed by atoms with Crippen molar-refractivity contribution in [2.45, 2.75) is 120 Å². The third-order valence-corrected chi connectivity index (χ3v) is 26.6. The highest BCUT2D eigenvalue weighted by Gasteiger charge is 2.54. The summed E-state index contributed by atoms with van der Waals surface area (Å²) in [4.78, 5) is 4.52. The van der Waals surface area contributed by atoms with Crippen LogP contribution in [0.4, 0.5) is 17.1 Å². The SMILES string of the molecule is [2H]c1c([2H])c(-n2c3c([2H])c([2H])c([2H])c([2H])c3c3c([2H])c(-c4ccc5ccc6cccc7ccc4c5c67)c([2H])c([2H])c32)c([2H])c2c1B1c3c(cc(C(C)(C)C)cc3N(CCCc3c(-c4ccccc4)cc(C(C)(C)C)cc3-c3ccccc3)C3c4c([2H])c([2H])c(-n5c6c([2H])c([2H])c([2H])c([2H])c6c6c([2H])c([2H])c([2H])c([2H])c65)c([2H])c4SC13)N2CCCc1c(-c2ccccc2)cc(C(C)(C)C)cc1-c1ccccc1. The molecule has 0 amide bonds. The first-order valence-corrected chi connectivity index (χ1v) is 42.5. The minimum absolute atomic E-state index is 0.0135. The van der Waals surface area contributed by atoms with Crippen LogP contribution < -0.4 is 20.7 Å². The van der Waals surface area contributed by atoms with Crippen LogP contribution in [0, 0.1) is 0 Å². The predicted octanol–water partition coefficient (Wildman–Crippen LogP) is 28.9. The molecule has 5 heterocycles. The molecule has 4 nitrogen and oxygen atoms in total. The Hall–Kier alpha value is -12.6. The normalized spacial score (nSPS) is 17.1. The predicted molar refractivity (Wildman–Crippen MR) is 516 cm³/mol. The fourth-order valence-corrected chi connectivity index (χ4v) is 20.9. The lowest BCUT2D eigenvalue weighted by Gasteiger charge is -2.49. The van der Waals surface area contributed by atoms with Gasteiger partial charge in [-0.1, -0.05) is 335 Å². The molecule has 2 atom stereocenters. The minimum Gasteiger partial charge on any atom is -0.364 e. The number of aromatic nitrogens is 2. The van der Waals surface area contributed by atoms with Crippen molar-refractivity contribution in [2.24, 2.45) is 0 Å². The van der Waals surface area contributed by atoms with Crippen LogP contribution in [0.2, 0.25) is 0 Å². The maximum absolute atomic E-state index is 11.8. The average molecular weight is 1590 g/mol. The Labute approximate surface area is 739 Å². The molecule has 0 aliphatic carbocycles. The number of fused-ring (bicyclic) bond motifs is 12. The van der Waals surface area contributed by atoms with Gasteiger partial charge in [0.05, 0.1) is 56.9 Å². The van der Waals surface area contributed by atoms with Crippen LogP contribution in [0.3, 0.4) is 0 Å². The number of hydrogen-bond donors (Lipinski definition) is 0. The highest BCUT2D eigenvalue weighted by Crippen LogP contribution is 2.56. The van der Waals surface area contributed by atoms with Crippen molar-refractivity contribution in [3.63, 3.8) is 0 Å². The Balaban J connectivity index is 0.834. The standard InChI is InChI=1S/C114H97BN4S/c1-112(2,3)80-64-93(72-31-14-10-15-32-72)86(94(65-80)73-33-16-11-17-34-73)44-29-61-116-103-70-83(118-101-48-27-24-43-90(101)97-63-79(53-60-102(97)118)85-56-51-78-50-49-76-39-28-40-77-52-57-91(85)108(78)107(76)77)55-59-98(103)115-109-104(116)68-82(114(7,8)9)69-105(109)117(62-30-45-87-95(74-35-18-12-19-36-74)66-81(113(4,5)6)67-96(87)75-37-20-13-21-38-75)110-92-58-54-84(71-106(92)120-111(110)115)119-99-46-25-22-41-88(99)89-42-23-26-47-100(89)119/h10-28,31-43,46-60,63-71,110-111H,29-30,44-45,61-62H2,1-9H3/i22D,23D,24D,25D,26D,27D,41D,42D,43D,46D,47D,48D,53D,54D,55D,58D,59D,60D,63D,70D,71D. The van der Waals surface area contributed by atoms with E-state index in [-0.39, 0.29) is 106 Å². The second-order valence-corrected chi connectivity index (χ2v) is 36.7. The molecule has 0 saturated carbocycles. The van der Waals surface area contributed by atoms with Crippen LogP contribution in [-0.2, 0) is 29.1 Å². The Bertz CT molecular complexity index is 8410. The van der Waals surface area contributed by atoms with E-state index in [4.69, 9.17) is 2.74 Å². The summed E-state index contributed by atoms with van der Waals surface area (Å²) in [5, 5.41) is 3.45. The van der Waals surface area contributed by atoms with Gasteiger partial charge in [0.15, 0.2) is 0 Å². The number of hydrogen-bond acceptors (Lipinski definition) is 3. The van der Waals surface area contributed by atoms with Gasteiger partial charge >= 0.3 is 0 Å². The van der Waals surface area contributed by atoms with Gasteiger partial charge in [-0.25, -0.2) is 0 Å². The number of anilines is 3. The molecule has 0 fully saturated rings. The summed E-state index contributed by atoms with van der Waals surface area (Å²) in [6, 6.07) is 59.5. The van der Waals surface area contributed by atoms with E-state index in [9.17, 15) is 26.0 Å². The third-order valence-electron chi connectivity index (χ3n) is 25.3. The van der Waals surface area contributed by atoms with E-state index in [1.165, 1.54) is 16.3 Å². The lowest BCUT2D eigenvalue weighted by atomic mass is 9.33. The number of para-hydroxylation sites is 3.